The minimum atomic E-state index is -0.0463. The van der Waals surface area contributed by atoms with Gasteiger partial charge in [-0.2, -0.15) is 0 Å². The molecule has 0 radical (unpaired) electrons. The normalized spacial score (nSPS) is 34.8. The summed E-state index contributed by atoms with van der Waals surface area (Å²) in [5.41, 5.74) is 0.0877. The molecule has 1 saturated carbocycles. The Hall–Kier alpha value is -0.120. The number of hydrogen-bond donors (Lipinski definition) is 1. The maximum atomic E-state index is 10.1. The van der Waals surface area contributed by atoms with Crippen LogP contribution in [0.4, 0.5) is 0 Å². The van der Waals surface area contributed by atoms with E-state index in [9.17, 15) is 5.11 Å². The first-order valence-corrected chi connectivity index (χ1v) is 7.17. The molecule has 3 rings (SSSR count). The molecule has 0 amide bonds. The minimum Gasteiger partial charge on any atom is -0.393 e. The summed E-state index contributed by atoms with van der Waals surface area (Å²) in [6, 6.07) is 0. The fraction of sp³-hybridized carbons (Fsp3) is 1.00. The summed E-state index contributed by atoms with van der Waals surface area (Å²) in [7, 11) is 0. The van der Waals surface area contributed by atoms with Crippen molar-refractivity contribution in [2.75, 3.05) is 19.8 Å². The molecule has 3 heteroatoms. The molecule has 0 aromatic heterocycles. The Morgan fingerprint density at radius 2 is 1.88 bits per heavy atom. The van der Waals surface area contributed by atoms with Crippen molar-refractivity contribution in [1.29, 1.82) is 0 Å². The Bertz CT molecular complexity index is 251. The van der Waals surface area contributed by atoms with Crippen LogP contribution in [0, 0.1) is 11.8 Å². The Kier molecular flexibility index (Phi) is 3.42. The van der Waals surface area contributed by atoms with E-state index in [4.69, 9.17) is 9.47 Å². The summed E-state index contributed by atoms with van der Waals surface area (Å²) in [6.07, 6.45) is 7.79. The second-order valence-corrected chi connectivity index (χ2v) is 6.14. The highest BCUT2D eigenvalue weighted by atomic mass is 16.5. The van der Waals surface area contributed by atoms with Crippen molar-refractivity contribution >= 4 is 0 Å². The largest absolute Gasteiger partial charge is 0.393 e. The van der Waals surface area contributed by atoms with Crippen LogP contribution in [-0.2, 0) is 9.47 Å². The van der Waals surface area contributed by atoms with Gasteiger partial charge in [-0.15, -0.1) is 0 Å². The average Bonchev–Trinajstić information content (AvgIpc) is 3.14. The van der Waals surface area contributed by atoms with Crippen LogP contribution < -0.4 is 0 Å². The third-order valence-electron chi connectivity index (χ3n) is 4.74. The molecule has 3 fully saturated rings. The maximum absolute atomic E-state index is 10.1. The molecule has 1 aliphatic carbocycles. The van der Waals surface area contributed by atoms with Gasteiger partial charge in [0.2, 0.25) is 0 Å². The smallest absolute Gasteiger partial charge is 0.0729 e. The number of hydrogen-bond acceptors (Lipinski definition) is 3. The molecule has 0 bridgehead atoms. The van der Waals surface area contributed by atoms with Crippen LogP contribution >= 0.6 is 0 Å². The molecule has 1 spiro atoms. The summed E-state index contributed by atoms with van der Waals surface area (Å²) in [5.74, 6) is 1.28. The first-order chi connectivity index (χ1) is 8.27. The lowest BCUT2D eigenvalue weighted by Gasteiger charge is -2.43. The summed E-state index contributed by atoms with van der Waals surface area (Å²) in [5, 5.41) is 10.1. The summed E-state index contributed by atoms with van der Waals surface area (Å²) in [6.45, 7) is 2.57. The quantitative estimate of drug-likeness (QED) is 0.821. The van der Waals surface area contributed by atoms with E-state index in [1.807, 2.05) is 0 Å². The molecule has 3 nitrogen and oxygen atoms in total. The Morgan fingerprint density at radius 1 is 1.12 bits per heavy atom. The van der Waals surface area contributed by atoms with Crippen molar-refractivity contribution in [1.82, 2.24) is 0 Å². The van der Waals surface area contributed by atoms with Crippen LogP contribution in [0.15, 0.2) is 0 Å². The highest BCUT2D eigenvalue weighted by molar-refractivity contribution is 4.91. The van der Waals surface area contributed by atoms with E-state index in [1.165, 1.54) is 12.8 Å². The van der Waals surface area contributed by atoms with Gasteiger partial charge in [-0.3, -0.25) is 0 Å². The first kappa shape index (κ1) is 11.9. The molecule has 2 atom stereocenters. The molecule has 2 unspecified atom stereocenters. The van der Waals surface area contributed by atoms with Crippen LogP contribution in [0.3, 0.4) is 0 Å². The van der Waals surface area contributed by atoms with Crippen LogP contribution in [0.5, 0.6) is 0 Å². The van der Waals surface area contributed by atoms with Crippen molar-refractivity contribution in [2.45, 2.75) is 56.7 Å². The van der Waals surface area contributed by atoms with E-state index >= 15 is 0 Å². The van der Waals surface area contributed by atoms with E-state index in [1.54, 1.807) is 0 Å². The summed E-state index contributed by atoms with van der Waals surface area (Å²) in [4.78, 5) is 0. The predicted molar refractivity (Wildman–Crippen MR) is 64.8 cm³/mol. The van der Waals surface area contributed by atoms with Crippen LogP contribution in [0.1, 0.15) is 44.9 Å². The number of rotatable bonds is 3. The van der Waals surface area contributed by atoms with Gasteiger partial charge >= 0.3 is 0 Å². The Balaban J connectivity index is 1.54. The molecule has 0 aromatic rings. The van der Waals surface area contributed by atoms with Gasteiger partial charge in [0.1, 0.15) is 0 Å². The van der Waals surface area contributed by atoms with Gasteiger partial charge in [-0.05, 0) is 56.8 Å². The van der Waals surface area contributed by atoms with Crippen molar-refractivity contribution < 1.29 is 14.6 Å². The third kappa shape index (κ3) is 2.83. The highest BCUT2D eigenvalue weighted by Gasteiger charge is 2.40. The molecule has 2 saturated heterocycles. The molecule has 3 aliphatic rings. The van der Waals surface area contributed by atoms with Gasteiger partial charge in [0, 0.05) is 19.8 Å². The minimum absolute atomic E-state index is 0.0463. The van der Waals surface area contributed by atoms with Crippen molar-refractivity contribution in [3.8, 4) is 0 Å². The van der Waals surface area contributed by atoms with E-state index in [-0.39, 0.29) is 11.7 Å². The number of aliphatic hydroxyl groups excluding tert-OH is 1. The lowest BCUT2D eigenvalue weighted by atomic mass is 9.78. The monoisotopic (exact) mass is 240 g/mol. The van der Waals surface area contributed by atoms with E-state index < -0.39 is 0 Å². The first-order valence-electron chi connectivity index (χ1n) is 7.17. The Morgan fingerprint density at radius 3 is 2.59 bits per heavy atom. The fourth-order valence-electron chi connectivity index (χ4n) is 3.44. The molecule has 0 aromatic carbocycles. The van der Waals surface area contributed by atoms with Crippen LogP contribution in [-0.4, -0.2) is 36.6 Å². The standard InChI is InChI=1S/C14H24O3/c15-13(12-1-2-12)9-11-3-6-17-14(10-11)4-7-16-8-5-14/h11-13,15H,1-10H2. The number of ether oxygens (including phenoxy) is 2. The third-order valence-corrected chi connectivity index (χ3v) is 4.74. The molecule has 1 N–H and O–H groups in total. The van der Waals surface area contributed by atoms with E-state index in [0.29, 0.717) is 11.8 Å². The van der Waals surface area contributed by atoms with Gasteiger partial charge in [0.25, 0.3) is 0 Å². The van der Waals surface area contributed by atoms with E-state index in [0.717, 1.165) is 51.9 Å². The molecular formula is C14H24O3. The summed E-state index contributed by atoms with van der Waals surface area (Å²) >= 11 is 0. The van der Waals surface area contributed by atoms with Gasteiger partial charge in [0.15, 0.2) is 0 Å². The lowest BCUT2D eigenvalue weighted by Crippen LogP contribution is -2.44. The molecule has 2 heterocycles. The van der Waals surface area contributed by atoms with Gasteiger partial charge in [-0.25, -0.2) is 0 Å². The lowest BCUT2D eigenvalue weighted by molar-refractivity contribution is -0.150. The fourth-order valence-corrected chi connectivity index (χ4v) is 3.44. The average molecular weight is 240 g/mol. The second-order valence-electron chi connectivity index (χ2n) is 6.14. The number of aliphatic hydroxyl groups is 1. The summed E-state index contributed by atoms with van der Waals surface area (Å²) < 4.78 is 11.5. The van der Waals surface area contributed by atoms with Crippen molar-refractivity contribution in [3.63, 3.8) is 0 Å². The highest BCUT2D eigenvalue weighted by Crippen LogP contribution is 2.41. The van der Waals surface area contributed by atoms with Gasteiger partial charge in [-0.1, -0.05) is 0 Å². The zero-order valence-electron chi connectivity index (χ0n) is 10.6. The topological polar surface area (TPSA) is 38.7 Å². The van der Waals surface area contributed by atoms with Gasteiger partial charge < -0.3 is 14.6 Å². The zero-order chi connectivity index (χ0) is 11.7. The van der Waals surface area contributed by atoms with Crippen LogP contribution in [0.25, 0.3) is 0 Å². The molecule has 2 aliphatic heterocycles. The zero-order valence-corrected chi connectivity index (χ0v) is 10.6. The SMILES string of the molecule is OC(CC1CCOC2(CCOCC2)C1)C1CC1. The predicted octanol–water partition coefficient (Wildman–Crippen LogP) is 2.12. The maximum Gasteiger partial charge on any atom is 0.0729 e. The van der Waals surface area contributed by atoms with Crippen molar-refractivity contribution in [2.24, 2.45) is 11.8 Å². The molecule has 17 heavy (non-hydrogen) atoms. The van der Waals surface area contributed by atoms with Crippen LogP contribution in [0.2, 0.25) is 0 Å². The molecule has 98 valence electrons. The van der Waals surface area contributed by atoms with E-state index in [2.05, 4.69) is 0 Å². The van der Waals surface area contributed by atoms with Gasteiger partial charge in [0.05, 0.1) is 11.7 Å². The van der Waals surface area contributed by atoms with Crippen molar-refractivity contribution in [3.05, 3.63) is 0 Å². The Labute approximate surface area is 103 Å². The molecular weight excluding hydrogens is 216 g/mol. The second kappa shape index (κ2) is 4.87.